The third-order valence-electron chi connectivity index (χ3n) is 5.59. The molecule has 0 radical (unpaired) electrons. The average Bonchev–Trinajstić information content (AvgIpc) is 2.97. The van der Waals surface area contributed by atoms with E-state index in [1.807, 2.05) is 30.1 Å². The fraction of sp³-hybridized carbons (Fsp3) is 0.600. The van der Waals surface area contributed by atoms with Gasteiger partial charge in [-0.1, -0.05) is 12.5 Å². The number of hydrogen-bond acceptors (Lipinski definition) is 5. The Labute approximate surface area is 160 Å². The Morgan fingerprint density at radius 1 is 1.15 bits per heavy atom. The van der Waals surface area contributed by atoms with Gasteiger partial charge in [-0.2, -0.15) is 0 Å². The van der Waals surface area contributed by atoms with Gasteiger partial charge >= 0.3 is 0 Å². The molecule has 2 atom stereocenters. The summed E-state index contributed by atoms with van der Waals surface area (Å²) in [6.07, 6.45) is 3.77. The van der Waals surface area contributed by atoms with Gasteiger partial charge in [0.2, 0.25) is 11.8 Å². The monoisotopic (exact) mass is 375 g/mol. The van der Waals surface area contributed by atoms with Crippen LogP contribution in [0.15, 0.2) is 18.2 Å². The minimum absolute atomic E-state index is 0.0207. The summed E-state index contributed by atoms with van der Waals surface area (Å²) in [5.41, 5.74) is 0.941. The third-order valence-corrected chi connectivity index (χ3v) is 5.59. The van der Waals surface area contributed by atoms with Crippen LogP contribution >= 0.6 is 0 Å². The first-order chi connectivity index (χ1) is 13.0. The van der Waals surface area contributed by atoms with E-state index in [1.165, 1.54) is 0 Å². The minimum Gasteiger partial charge on any atom is -0.493 e. The molecule has 148 valence electrons. The van der Waals surface area contributed by atoms with E-state index in [2.05, 4.69) is 10.6 Å². The van der Waals surface area contributed by atoms with E-state index in [4.69, 9.17) is 9.47 Å². The van der Waals surface area contributed by atoms with Crippen molar-refractivity contribution in [1.82, 2.24) is 15.5 Å². The largest absolute Gasteiger partial charge is 0.493 e. The molecule has 2 N–H and O–H groups in total. The molecule has 2 amide bonds. The van der Waals surface area contributed by atoms with Crippen molar-refractivity contribution in [3.05, 3.63) is 23.8 Å². The molecule has 7 heteroatoms. The molecule has 1 aliphatic carbocycles. The molecule has 1 aliphatic heterocycles. The number of amides is 2. The lowest BCUT2D eigenvalue weighted by Crippen LogP contribution is -2.42. The van der Waals surface area contributed by atoms with Gasteiger partial charge in [0.15, 0.2) is 11.5 Å². The molecule has 1 heterocycles. The van der Waals surface area contributed by atoms with E-state index in [1.54, 1.807) is 14.2 Å². The zero-order valence-electron chi connectivity index (χ0n) is 16.3. The van der Waals surface area contributed by atoms with Crippen molar-refractivity contribution in [3.8, 4) is 11.5 Å². The number of nitrogens with one attached hydrogen (secondary N) is 2. The topological polar surface area (TPSA) is 79.9 Å². The molecule has 2 fully saturated rings. The smallest absolute Gasteiger partial charge is 0.237 e. The summed E-state index contributed by atoms with van der Waals surface area (Å²) in [6.45, 7) is 1.12. The standard InChI is InChI=1S/C20H29N3O4/c1-23-12-15(22-19(24)14-5-4-6-14)10-16(23)20(25)21-11-13-7-8-17(26-2)18(9-13)27-3/h7-9,14-16H,4-6,10-12H2,1-3H3,(H,21,25)(H,22,24)/t15-,16-/m0/s1. The number of rotatable bonds is 7. The van der Waals surface area contributed by atoms with E-state index < -0.39 is 0 Å². The van der Waals surface area contributed by atoms with E-state index in [0.717, 1.165) is 24.8 Å². The quantitative estimate of drug-likeness (QED) is 0.751. The first-order valence-electron chi connectivity index (χ1n) is 9.51. The predicted molar refractivity (Wildman–Crippen MR) is 102 cm³/mol. The molecule has 0 bridgehead atoms. The van der Waals surface area contributed by atoms with Crippen LogP contribution in [0.25, 0.3) is 0 Å². The maximum atomic E-state index is 12.6. The van der Waals surface area contributed by atoms with Gasteiger partial charge in [0.25, 0.3) is 0 Å². The fourth-order valence-electron chi connectivity index (χ4n) is 3.70. The maximum Gasteiger partial charge on any atom is 0.237 e. The van der Waals surface area contributed by atoms with Crippen LogP contribution in [-0.4, -0.2) is 56.6 Å². The highest BCUT2D eigenvalue weighted by molar-refractivity contribution is 5.83. The SMILES string of the molecule is COc1ccc(CNC(=O)[C@@H]2C[C@H](NC(=O)C3CCC3)CN2C)cc1OC. The lowest BCUT2D eigenvalue weighted by molar-refractivity contribution is -0.128. The number of hydrogen-bond donors (Lipinski definition) is 2. The van der Waals surface area contributed by atoms with E-state index in [9.17, 15) is 9.59 Å². The van der Waals surface area contributed by atoms with Gasteiger partial charge in [-0.05, 0) is 44.0 Å². The summed E-state index contributed by atoms with van der Waals surface area (Å²) in [5, 5.41) is 6.10. The molecular formula is C20H29N3O4. The molecule has 1 aromatic rings. The number of likely N-dealkylation sites (N-methyl/N-ethyl adjacent to an activating group) is 1. The molecular weight excluding hydrogens is 346 g/mol. The molecule has 27 heavy (non-hydrogen) atoms. The zero-order chi connectivity index (χ0) is 19.4. The van der Waals surface area contributed by atoms with Gasteiger partial charge in [0, 0.05) is 25.0 Å². The predicted octanol–water partition coefficient (Wildman–Crippen LogP) is 1.31. The Kier molecular flexibility index (Phi) is 6.21. The Morgan fingerprint density at radius 3 is 2.52 bits per heavy atom. The van der Waals surface area contributed by atoms with Crippen LogP contribution in [0.4, 0.5) is 0 Å². The normalized spacial score (nSPS) is 22.8. The second-order valence-electron chi connectivity index (χ2n) is 7.43. The fourth-order valence-corrected chi connectivity index (χ4v) is 3.70. The van der Waals surface area contributed by atoms with Crippen LogP contribution in [0.1, 0.15) is 31.2 Å². The summed E-state index contributed by atoms with van der Waals surface area (Å²) in [5.74, 6) is 1.60. The zero-order valence-corrected chi connectivity index (χ0v) is 16.3. The van der Waals surface area contributed by atoms with Crippen molar-refractivity contribution in [1.29, 1.82) is 0 Å². The number of carbonyl (C=O) groups excluding carboxylic acids is 2. The first kappa shape index (κ1) is 19.5. The van der Waals surface area contributed by atoms with Crippen LogP contribution in [-0.2, 0) is 16.1 Å². The molecule has 0 unspecified atom stereocenters. The van der Waals surface area contributed by atoms with Gasteiger partial charge in [-0.15, -0.1) is 0 Å². The molecule has 3 rings (SSSR count). The number of benzene rings is 1. The molecule has 0 aromatic heterocycles. The Morgan fingerprint density at radius 2 is 1.89 bits per heavy atom. The van der Waals surface area contributed by atoms with Gasteiger partial charge in [-0.25, -0.2) is 0 Å². The molecule has 7 nitrogen and oxygen atoms in total. The number of nitrogens with zero attached hydrogens (tertiary/aromatic N) is 1. The van der Waals surface area contributed by atoms with E-state index in [0.29, 0.717) is 31.0 Å². The molecule has 1 saturated heterocycles. The summed E-state index contributed by atoms with van der Waals surface area (Å²) in [6, 6.07) is 5.41. The molecule has 2 aliphatic rings. The molecule has 1 saturated carbocycles. The number of methoxy groups -OCH3 is 2. The van der Waals surface area contributed by atoms with Crippen LogP contribution in [0.5, 0.6) is 11.5 Å². The highest BCUT2D eigenvalue weighted by atomic mass is 16.5. The Balaban J connectivity index is 1.51. The third kappa shape index (κ3) is 4.53. The second-order valence-corrected chi connectivity index (χ2v) is 7.43. The van der Waals surface area contributed by atoms with Crippen LogP contribution < -0.4 is 20.1 Å². The summed E-state index contributed by atoms with van der Waals surface area (Å²) in [4.78, 5) is 26.8. The highest BCUT2D eigenvalue weighted by Crippen LogP contribution is 2.28. The van der Waals surface area contributed by atoms with Crippen molar-refractivity contribution in [2.24, 2.45) is 5.92 Å². The van der Waals surface area contributed by atoms with Crippen molar-refractivity contribution in [2.75, 3.05) is 27.8 Å². The maximum absolute atomic E-state index is 12.6. The van der Waals surface area contributed by atoms with E-state index in [-0.39, 0.29) is 29.8 Å². The van der Waals surface area contributed by atoms with Crippen LogP contribution in [0, 0.1) is 5.92 Å². The van der Waals surface area contributed by atoms with Gasteiger partial charge < -0.3 is 20.1 Å². The average molecular weight is 375 g/mol. The lowest BCUT2D eigenvalue weighted by atomic mass is 9.84. The number of likely N-dealkylation sites (tertiary alicyclic amines) is 1. The molecule has 1 aromatic carbocycles. The van der Waals surface area contributed by atoms with Gasteiger partial charge in [0.05, 0.1) is 20.3 Å². The number of carbonyl (C=O) groups is 2. The molecule has 0 spiro atoms. The lowest BCUT2D eigenvalue weighted by Gasteiger charge is -2.25. The van der Waals surface area contributed by atoms with Crippen molar-refractivity contribution >= 4 is 11.8 Å². The van der Waals surface area contributed by atoms with Crippen LogP contribution in [0.2, 0.25) is 0 Å². The van der Waals surface area contributed by atoms with Crippen molar-refractivity contribution < 1.29 is 19.1 Å². The van der Waals surface area contributed by atoms with E-state index >= 15 is 0 Å². The summed E-state index contributed by atoms with van der Waals surface area (Å²) in [7, 11) is 5.11. The minimum atomic E-state index is -0.225. The number of ether oxygens (including phenoxy) is 2. The highest BCUT2D eigenvalue weighted by Gasteiger charge is 2.36. The van der Waals surface area contributed by atoms with Gasteiger partial charge in [-0.3, -0.25) is 14.5 Å². The van der Waals surface area contributed by atoms with Crippen molar-refractivity contribution in [2.45, 2.75) is 44.3 Å². The Bertz CT molecular complexity index is 690. The summed E-state index contributed by atoms with van der Waals surface area (Å²) < 4.78 is 10.5. The van der Waals surface area contributed by atoms with Crippen LogP contribution in [0.3, 0.4) is 0 Å². The first-order valence-corrected chi connectivity index (χ1v) is 9.51. The summed E-state index contributed by atoms with van der Waals surface area (Å²) >= 11 is 0. The Hall–Kier alpha value is -2.28. The van der Waals surface area contributed by atoms with Crippen molar-refractivity contribution in [3.63, 3.8) is 0 Å². The second kappa shape index (κ2) is 8.61. The van der Waals surface area contributed by atoms with Gasteiger partial charge in [0.1, 0.15) is 0 Å².